The van der Waals surface area contributed by atoms with Gasteiger partial charge in [-0.1, -0.05) is 0 Å². The number of nitro benzene ring substituents is 1. The van der Waals surface area contributed by atoms with Crippen LogP contribution in [0.15, 0.2) is 30.6 Å². The summed E-state index contributed by atoms with van der Waals surface area (Å²) in [6, 6.07) is 4.70. The summed E-state index contributed by atoms with van der Waals surface area (Å²) in [5, 5.41) is 10.8. The summed E-state index contributed by atoms with van der Waals surface area (Å²) in [4.78, 5) is 14.4. The zero-order chi connectivity index (χ0) is 12.4. The molecule has 1 aromatic heterocycles. The van der Waals surface area contributed by atoms with Crippen LogP contribution in [0.5, 0.6) is 5.75 Å². The Kier molecular flexibility index (Phi) is 2.78. The lowest BCUT2D eigenvalue weighted by Crippen LogP contribution is -1.99. The van der Waals surface area contributed by atoms with Crippen LogP contribution >= 0.6 is 0 Å². The lowest BCUT2D eigenvalue weighted by atomic mass is 10.2. The van der Waals surface area contributed by atoms with E-state index in [1.54, 1.807) is 24.5 Å². The fourth-order valence-corrected chi connectivity index (χ4v) is 1.62. The highest BCUT2D eigenvalue weighted by molar-refractivity contribution is 5.53. The Bertz CT molecular complexity index is 563. The predicted molar refractivity (Wildman–Crippen MR) is 61.5 cm³/mol. The highest BCUT2D eigenvalue weighted by Crippen LogP contribution is 2.29. The summed E-state index contributed by atoms with van der Waals surface area (Å²) in [5.74, 6) is 1.04. The Morgan fingerprint density at radius 1 is 1.47 bits per heavy atom. The molecule has 2 aromatic rings. The molecule has 0 fully saturated rings. The van der Waals surface area contributed by atoms with Crippen LogP contribution in [0.2, 0.25) is 0 Å². The maximum atomic E-state index is 10.8. The van der Waals surface area contributed by atoms with Gasteiger partial charge in [0.2, 0.25) is 0 Å². The van der Waals surface area contributed by atoms with E-state index in [2.05, 4.69) is 4.98 Å². The molecule has 0 spiro atoms. The second-order valence-corrected chi connectivity index (χ2v) is 3.46. The van der Waals surface area contributed by atoms with Gasteiger partial charge >= 0.3 is 5.69 Å². The third-order valence-electron chi connectivity index (χ3n) is 2.46. The van der Waals surface area contributed by atoms with Gasteiger partial charge in [0, 0.05) is 24.5 Å². The first-order chi connectivity index (χ1) is 8.13. The third kappa shape index (κ3) is 1.96. The summed E-state index contributed by atoms with van der Waals surface area (Å²) in [7, 11) is 1.41. The maximum Gasteiger partial charge on any atom is 0.311 e. The van der Waals surface area contributed by atoms with Crippen molar-refractivity contribution >= 4 is 5.69 Å². The minimum atomic E-state index is -0.469. The molecule has 0 saturated heterocycles. The molecule has 17 heavy (non-hydrogen) atoms. The molecule has 0 aliphatic heterocycles. The normalized spacial score (nSPS) is 10.2. The fourth-order valence-electron chi connectivity index (χ4n) is 1.62. The van der Waals surface area contributed by atoms with E-state index in [9.17, 15) is 10.1 Å². The van der Waals surface area contributed by atoms with E-state index in [4.69, 9.17) is 4.74 Å². The van der Waals surface area contributed by atoms with Gasteiger partial charge in [0.25, 0.3) is 0 Å². The Labute approximate surface area is 97.6 Å². The predicted octanol–water partition coefficient (Wildman–Crippen LogP) is 2.10. The number of hydrogen-bond acceptors (Lipinski definition) is 4. The third-order valence-corrected chi connectivity index (χ3v) is 2.46. The van der Waals surface area contributed by atoms with Crippen LogP contribution in [0.25, 0.3) is 5.69 Å². The van der Waals surface area contributed by atoms with Crippen molar-refractivity contribution in [1.82, 2.24) is 9.55 Å². The maximum absolute atomic E-state index is 10.8. The molecule has 0 aliphatic carbocycles. The molecule has 0 aliphatic rings. The molecule has 6 nitrogen and oxygen atoms in total. The van der Waals surface area contributed by atoms with Crippen LogP contribution in [0.4, 0.5) is 5.69 Å². The molecule has 0 saturated carbocycles. The first-order valence-electron chi connectivity index (χ1n) is 4.96. The molecule has 0 bridgehead atoms. The van der Waals surface area contributed by atoms with Gasteiger partial charge in [0.05, 0.1) is 17.7 Å². The fraction of sp³-hybridized carbons (Fsp3) is 0.182. The second-order valence-electron chi connectivity index (χ2n) is 3.46. The molecule has 0 amide bonds. The Hall–Kier alpha value is -2.37. The van der Waals surface area contributed by atoms with Gasteiger partial charge in [-0.25, -0.2) is 4.98 Å². The van der Waals surface area contributed by atoms with Crippen molar-refractivity contribution < 1.29 is 9.66 Å². The van der Waals surface area contributed by atoms with E-state index in [1.165, 1.54) is 13.2 Å². The zero-order valence-electron chi connectivity index (χ0n) is 9.45. The Balaban J connectivity index is 2.52. The summed E-state index contributed by atoms with van der Waals surface area (Å²) < 4.78 is 6.84. The summed E-state index contributed by atoms with van der Waals surface area (Å²) >= 11 is 0. The molecule has 0 N–H and O–H groups in total. The number of nitro groups is 1. The number of rotatable bonds is 3. The average molecular weight is 233 g/mol. The monoisotopic (exact) mass is 233 g/mol. The van der Waals surface area contributed by atoms with Crippen molar-refractivity contribution in [2.45, 2.75) is 6.92 Å². The first kappa shape index (κ1) is 11.1. The molecule has 0 atom stereocenters. The van der Waals surface area contributed by atoms with Gasteiger partial charge in [-0.05, 0) is 13.0 Å². The van der Waals surface area contributed by atoms with E-state index in [0.29, 0.717) is 0 Å². The van der Waals surface area contributed by atoms with E-state index in [1.807, 2.05) is 11.5 Å². The van der Waals surface area contributed by atoms with Crippen LogP contribution in [-0.2, 0) is 0 Å². The van der Waals surface area contributed by atoms with Crippen LogP contribution in [0.3, 0.4) is 0 Å². The summed E-state index contributed by atoms with van der Waals surface area (Å²) in [6.45, 7) is 1.86. The van der Waals surface area contributed by atoms with Gasteiger partial charge in [0.15, 0.2) is 5.75 Å². The minimum absolute atomic E-state index is 0.0472. The van der Waals surface area contributed by atoms with Crippen molar-refractivity contribution in [3.63, 3.8) is 0 Å². The van der Waals surface area contributed by atoms with E-state index >= 15 is 0 Å². The first-order valence-corrected chi connectivity index (χ1v) is 4.96. The van der Waals surface area contributed by atoms with Crippen LogP contribution < -0.4 is 4.74 Å². The van der Waals surface area contributed by atoms with Crippen molar-refractivity contribution in [2.75, 3.05) is 7.11 Å². The quantitative estimate of drug-likeness (QED) is 0.601. The van der Waals surface area contributed by atoms with Gasteiger partial charge in [-0.3, -0.25) is 10.1 Å². The molecule has 0 radical (unpaired) electrons. The molecule has 0 unspecified atom stereocenters. The van der Waals surface area contributed by atoms with Crippen molar-refractivity contribution in [3.05, 3.63) is 46.5 Å². The zero-order valence-corrected chi connectivity index (χ0v) is 9.45. The largest absolute Gasteiger partial charge is 0.490 e. The van der Waals surface area contributed by atoms with Crippen molar-refractivity contribution in [2.24, 2.45) is 0 Å². The molecule has 2 rings (SSSR count). The van der Waals surface area contributed by atoms with Gasteiger partial charge in [-0.15, -0.1) is 0 Å². The van der Waals surface area contributed by atoms with E-state index < -0.39 is 4.92 Å². The number of aromatic nitrogens is 2. The highest BCUT2D eigenvalue weighted by Gasteiger charge is 2.15. The van der Waals surface area contributed by atoms with Gasteiger partial charge < -0.3 is 9.30 Å². The van der Waals surface area contributed by atoms with Crippen molar-refractivity contribution in [3.8, 4) is 11.4 Å². The molecular weight excluding hydrogens is 222 g/mol. The lowest BCUT2D eigenvalue weighted by Gasteiger charge is -2.07. The minimum Gasteiger partial charge on any atom is -0.490 e. The Morgan fingerprint density at radius 3 is 2.76 bits per heavy atom. The molecule has 1 aromatic carbocycles. The summed E-state index contributed by atoms with van der Waals surface area (Å²) in [5.41, 5.74) is 0.733. The highest BCUT2D eigenvalue weighted by atomic mass is 16.6. The molecular formula is C11H11N3O3. The standard InChI is InChI=1S/C11H11N3O3/c1-8-12-5-6-13(8)9-3-4-10(14(15)16)11(7-9)17-2/h3-7H,1-2H3. The summed E-state index contributed by atoms with van der Waals surface area (Å²) in [6.07, 6.45) is 3.46. The smallest absolute Gasteiger partial charge is 0.311 e. The lowest BCUT2D eigenvalue weighted by molar-refractivity contribution is -0.385. The molecule has 1 heterocycles. The number of aryl methyl sites for hydroxylation is 1. The number of nitrogens with zero attached hydrogens (tertiary/aromatic N) is 3. The SMILES string of the molecule is COc1cc(-n2ccnc2C)ccc1[N+](=O)[O-]. The number of ether oxygens (including phenoxy) is 1. The second kappa shape index (κ2) is 4.25. The average Bonchev–Trinajstić information content (AvgIpc) is 2.74. The molecule has 88 valence electrons. The van der Waals surface area contributed by atoms with E-state index in [-0.39, 0.29) is 11.4 Å². The van der Waals surface area contributed by atoms with Crippen LogP contribution in [0, 0.1) is 17.0 Å². The number of benzene rings is 1. The van der Waals surface area contributed by atoms with Crippen LogP contribution in [-0.4, -0.2) is 21.6 Å². The van der Waals surface area contributed by atoms with Gasteiger partial charge in [0.1, 0.15) is 5.82 Å². The number of hydrogen-bond donors (Lipinski definition) is 0. The molecule has 6 heteroatoms. The van der Waals surface area contributed by atoms with Crippen LogP contribution in [0.1, 0.15) is 5.82 Å². The topological polar surface area (TPSA) is 70.2 Å². The van der Waals surface area contributed by atoms with Gasteiger partial charge in [-0.2, -0.15) is 0 Å². The van der Waals surface area contributed by atoms with Crippen molar-refractivity contribution in [1.29, 1.82) is 0 Å². The Morgan fingerprint density at radius 2 is 2.24 bits per heavy atom. The number of methoxy groups -OCH3 is 1. The van der Waals surface area contributed by atoms with E-state index in [0.717, 1.165) is 11.5 Å². The number of imidazole rings is 1.